The van der Waals surface area contributed by atoms with Gasteiger partial charge in [-0.3, -0.25) is 0 Å². The van der Waals surface area contributed by atoms with Crippen LogP contribution in [0.4, 0.5) is 35.1 Å². The molecule has 0 amide bonds. The predicted molar refractivity (Wildman–Crippen MR) is 200 cm³/mol. The van der Waals surface area contributed by atoms with Gasteiger partial charge in [-0.1, -0.05) is 38.1 Å². The Bertz CT molecular complexity index is 2060. The van der Waals surface area contributed by atoms with Crippen LogP contribution < -0.4 is 23.7 Å². The van der Waals surface area contributed by atoms with Crippen LogP contribution in [0.15, 0.2) is 84.9 Å². The van der Waals surface area contributed by atoms with E-state index in [1.165, 1.54) is 18.2 Å². The Balaban J connectivity index is 1.06. The van der Waals surface area contributed by atoms with E-state index in [1.807, 2.05) is 13.8 Å². The molecule has 0 unspecified atom stereocenters. The fourth-order valence-electron chi connectivity index (χ4n) is 6.62. The zero-order valence-corrected chi connectivity index (χ0v) is 33.0. The Morgan fingerprint density at radius 3 is 1.44 bits per heavy atom. The van der Waals surface area contributed by atoms with Crippen molar-refractivity contribution in [3.63, 3.8) is 0 Å². The van der Waals surface area contributed by atoms with Gasteiger partial charge in [-0.15, -0.1) is 0 Å². The van der Waals surface area contributed by atoms with Crippen LogP contribution in [0.25, 0.3) is 0 Å². The number of halogens is 8. The van der Waals surface area contributed by atoms with Gasteiger partial charge in [0, 0.05) is 23.0 Å². The first-order chi connectivity index (χ1) is 29.0. The summed E-state index contributed by atoms with van der Waals surface area (Å²) in [6.45, 7) is 6.10. The van der Waals surface area contributed by atoms with Crippen LogP contribution in [0, 0.1) is 22.5 Å². The lowest BCUT2D eigenvalue weighted by Crippen LogP contribution is -2.54. The van der Waals surface area contributed by atoms with Crippen molar-refractivity contribution >= 4 is 5.97 Å². The van der Waals surface area contributed by atoms with Gasteiger partial charge in [0.25, 0.3) is 0 Å². The SMILES string of the molecule is CCC1(COCOc2ccc(OCOc3ccc(C(c4ccc(OC(=O)c5ccc(OCOCC6(CC)COC6)cc5F)cc4)(C(F)(F)F)C(F)(F)F)cc3)c(F)c2)COC1. The number of rotatable bonds is 20. The number of benzene rings is 4. The number of alkyl halides is 6. The molecule has 6 rings (SSSR count). The van der Waals surface area contributed by atoms with E-state index in [0.717, 1.165) is 55.3 Å². The summed E-state index contributed by atoms with van der Waals surface area (Å²) in [4.78, 5) is 12.8. The molecular formula is C43H42F8O10. The second-order valence-electron chi connectivity index (χ2n) is 14.7. The zero-order chi connectivity index (χ0) is 43.9. The van der Waals surface area contributed by atoms with Crippen molar-refractivity contribution < 1.29 is 82.5 Å². The van der Waals surface area contributed by atoms with Gasteiger partial charge in [-0.25, -0.2) is 13.6 Å². The Morgan fingerprint density at radius 2 is 1.02 bits per heavy atom. The van der Waals surface area contributed by atoms with Crippen molar-refractivity contribution in [3.8, 4) is 28.7 Å². The smallest absolute Gasteiger partial charge is 0.411 e. The normalized spacial score (nSPS) is 15.9. The summed E-state index contributed by atoms with van der Waals surface area (Å²) in [5, 5.41) is 0. The lowest BCUT2D eigenvalue weighted by Gasteiger charge is -2.40. The molecule has 61 heavy (non-hydrogen) atoms. The molecule has 2 saturated heterocycles. The van der Waals surface area contributed by atoms with E-state index in [2.05, 4.69) is 0 Å². The first kappa shape index (κ1) is 45.4. The molecule has 0 N–H and O–H groups in total. The number of hydrogen-bond acceptors (Lipinski definition) is 10. The van der Waals surface area contributed by atoms with E-state index in [0.29, 0.717) is 63.9 Å². The maximum Gasteiger partial charge on any atom is 0.411 e. The van der Waals surface area contributed by atoms with Crippen LogP contribution >= 0.6 is 0 Å². The van der Waals surface area contributed by atoms with Gasteiger partial charge in [-0.2, -0.15) is 26.3 Å². The van der Waals surface area contributed by atoms with E-state index in [1.54, 1.807) is 0 Å². The minimum absolute atomic E-state index is 0.0305. The molecule has 0 bridgehead atoms. The van der Waals surface area contributed by atoms with Crippen molar-refractivity contribution in [1.29, 1.82) is 0 Å². The molecule has 0 atom stereocenters. The maximum atomic E-state index is 14.9. The standard InChI is InChI=1S/C43H42F8O10/c1-3-39(19-53-20-39)23-55-25-57-32-13-15-34(35(44)17-32)38(52)61-31-11-7-29(8-12-31)41(42(46,47)48,43(49,50)51)28-5-9-30(10-6-28)59-27-60-37-16-14-33(18-36(37)45)58-26-56-24-40(4-2)21-54-22-40/h5-18H,3-4,19-27H2,1-2H3. The van der Waals surface area contributed by atoms with Gasteiger partial charge >= 0.3 is 18.3 Å². The maximum absolute atomic E-state index is 14.9. The molecule has 0 saturated carbocycles. The lowest BCUT2D eigenvalue weighted by atomic mass is 9.73. The van der Waals surface area contributed by atoms with E-state index in [-0.39, 0.29) is 47.4 Å². The second kappa shape index (κ2) is 18.8. The highest BCUT2D eigenvalue weighted by Crippen LogP contribution is 2.56. The van der Waals surface area contributed by atoms with Crippen molar-refractivity contribution in [1.82, 2.24) is 0 Å². The molecule has 0 spiro atoms. The first-order valence-electron chi connectivity index (χ1n) is 19.0. The summed E-state index contributed by atoms with van der Waals surface area (Å²) < 4.78 is 166. The highest BCUT2D eigenvalue weighted by Gasteiger charge is 2.72. The molecule has 0 radical (unpaired) electrons. The van der Waals surface area contributed by atoms with Gasteiger partial charge in [-0.05, 0) is 72.5 Å². The minimum atomic E-state index is -5.93. The molecule has 0 aromatic heterocycles. The monoisotopic (exact) mass is 870 g/mol. The van der Waals surface area contributed by atoms with Gasteiger partial charge in [0.15, 0.2) is 25.2 Å². The third-order valence-electron chi connectivity index (χ3n) is 10.7. The Kier molecular flexibility index (Phi) is 14.0. The number of ether oxygens (including phenoxy) is 9. The zero-order valence-electron chi connectivity index (χ0n) is 33.0. The number of carbonyl (C=O) groups is 1. The van der Waals surface area contributed by atoms with E-state index >= 15 is 0 Å². The molecule has 2 fully saturated rings. The Hall–Kier alpha value is -5.17. The first-order valence-corrected chi connectivity index (χ1v) is 19.0. The topological polar surface area (TPSA) is 100 Å². The van der Waals surface area contributed by atoms with E-state index in [9.17, 15) is 39.9 Å². The second-order valence-corrected chi connectivity index (χ2v) is 14.7. The number of esters is 1. The van der Waals surface area contributed by atoms with Crippen LogP contribution in [0.2, 0.25) is 0 Å². The molecular weight excluding hydrogens is 828 g/mol. The van der Waals surface area contributed by atoms with Gasteiger partial charge in [0.05, 0.1) is 45.2 Å². The number of hydrogen-bond donors (Lipinski definition) is 0. The van der Waals surface area contributed by atoms with Crippen LogP contribution in [-0.4, -0.2) is 78.3 Å². The largest absolute Gasteiger partial charge is 0.467 e. The van der Waals surface area contributed by atoms with Gasteiger partial charge in [0.2, 0.25) is 12.2 Å². The number of carbonyl (C=O) groups excluding carboxylic acids is 1. The highest BCUT2D eigenvalue weighted by molar-refractivity contribution is 5.91. The van der Waals surface area contributed by atoms with Crippen molar-refractivity contribution in [2.24, 2.45) is 10.8 Å². The summed E-state index contributed by atoms with van der Waals surface area (Å²) in [6, 6.07) is 12.3. The lowest BCUT2D eigenvalue weighted by molar-refractivity contribution is -0.288. The summed E-state index contributed by atoms with van der Waals surface area (Å²) in [5.74, 6) is -3.89. The molecule has 0 aliphatic carbocycles. The Morgan fingerprint density at radius 1 is 0.574 bits per heavy atom. The Labute approximate surface area is 345 Å². The van der Waals surface area contributed by atoms with Crippen LogP contribution in [-0.2, 0) is 24.4 Å². The fourth-order valence-corrected chi connectivity index (χ4v) is 6.62. The average Bonchev–Trinajstić information content (AvgIpc) is 3.18. The van der Waals surface area contributed by atoms with Crippen LogP contribution in [0.3, 0.4) is 0 Å². The van der Waals surface area contributed by atoms with Crippen LogP contribution in [0.5, 0.6) is 28.7 Å². The summed E-state index contributed by atoms with van der Waals surface area (Å²) in [6.07, 6.45) is -10.2. The summed E-state index contributed by atoms with van der Waals surface area (Å²) in [5.41, 5.74) is -7.74. The minimum Gasteiger partial charge on any atom is -0.467 e. The third kappa shape index (κ3) is 10.1. The van der Waals surface area contributed by atoms with Gasteiger partial charge < -0.3 is 42.6 Å². The van der Waals surface area contributed by atoms with E-state index in [4.69, 9.17) is 42.6 Å². The van der Waals surface area contributed by atoms with Crippen molar-refractivity contribution in [3.05, 3.63) is 113 Å². The van der Waals surface area contributed by atoms with Crippen molar-refractivity contribution in [2.75, 3.05) is 60.0 Å². The molecule has 2 aliphatic heterocycles. The molecule has 4 aromatic carbocycles. The summed E-state index contributed by atoms with van der Waals surface area (Å²) in [7, 11) is 0. The van der Waals surface area contributed by atoms with E-state index < -0.39 is 64.6 Å². The van der Waals surface area contributed by atoms with Gasteiger partial charge in [0.1, 0.15) is 28.8 Å². The summed E-state index contributed by atoms with van der Waals surface area (Å²) >= 11 is 0. The average molecular weight is 871 g/mol. The molecule has 330 valence electrons. The molecule has 4 aromatic rings. The molecule has 18 heteroatoms. The fraction of sp³-hybridized carbons (Fsp3) is 0.419. The molecule has 10 nitrogen and oxygen atoms in total. The molecule has 2 aliphatic rings. The van der Waals surface area contributed by atoms with Crippen LogP contribution in [0.1, 0.15) is 48.2 Å². The van der Waals surface area contributed by atoms with Crippen molar-refractivity contribution in [2.45, 2.75) is 44.5 Å². The predicted octanol–water partition coefficient (Wildman–Crippen LogP) is 9.57. The quantitative estimate of drug-likeness (QED) is 0.0281. The highest BCUT2D eigenvalue weighted by atomic mass is 19.4. The third-order valence-corrected chi connectivity index (χ3v) is 10.7. The molecule has 2 heterocycles.